The Morgan fingerprint density at radius 1 is 1.06 bits per heavy atom. The number of hydrogen-bond acceptors (Lipinski definition) is 5. The third-order valence-corrected chi connectivity index (χ3v) is 7.49. The molecule has 3 aromatic rings. The normalized spacial score (nSPS) is 11.7. The largest absolute Gasteiger partial charge is 0.352 e. The minimum atomic E-state index is -3.54. The molecule has 9 heteroatoms. The Morgan fingerprint density at radius 3 is 2.34 bits per heavy atom. The molecule has 0 unspecified atom stereocenters. The van der Waals surface area contributed by atoms with Crippen molar-refractivity contribution in [2.45, 2.75) is 39.0 Å². The number of aromatic nitrogens is 3. The van der Waals surface area contributed by atoms with Crippen molar-refractivity contribution in [3.05, 3.63) is 71.2 Å². The van der Waals surface area contributed by atoms with E-state index in [0.29, 0.717) is 31.6 Å². The van der Waals surface area contributed by atoms with Crippen molar-refractivity contribution in [3.8, 4) is 5.82 Å². The summed E-state index contributed by atoms with van der Waals surface area (Å²) in [5.41, 5.74) is 3.37. The highest BCUT2D eigenvalue weighted by Crippen LogP contribution is 2.18. The van der Waals surface area contributed by atoms with Crippen LogP contribution >= 0.6 is 0 Å². The van der Waals surface area contributed by atoms with Crippen molar-refractivity contribution in [2.75, 3.05) is 19.6 Å². The summed E-state index contributed by atoms with van der Waals surface area (Å²) in [5, 5.41) is 7.48. The van der Waals surface area contributed by atoms with E-state index in [2.05, 4.69) is 15.4 Å². The maximum absolute atomic E-state index is 12.6. The molecule has 2 heterocycles. The lowest BCUT2D eigenvalue weighted by atomic mass is 10.1. The van der Waals surface area contributed by atoms with Crippen LogP contribution in [0.25, 0.3) is 5.82 Å². The van der Waals surface area contributed by atoms with Crippen LogP contribution in [0.3, 0.4) is 0 Å². The first-order valence-electron chi connectivity index (χ1n) is 10.6. The number of carbonyl (C=O) groups is 1. The minimum absolute atomic E-state index is 0.186. The van der Waals surface area contributed by atoms with Crippen LogP contribution in [-0.4, -0.2) is 53.0 Å². The van der Waals surface area contributed by atoms with Crippen LogP contribution in [0.5, 0.6) is 0 Å². The highest BCUT2D eigenvalue weighted by atomic mass is 32.2. The van der Waals surface area contributed by atoms with E-state index in [1.807, 2.05) is 36.7 Å². The van der Waals surface area contributed by atoms with Crippen molar-refractivity contribution >= 4 is 15.9 Å². The van der Waals surface area contributed by atoms with Gasteiger partial charge in [-0.2, -0.15) is 9.40 Å². The fraction of sp³-hybridized carbons (Fsp3) is 0.348. The summed E-state index contributed by atoms with van der Waals surface area (Å²) in [6.07, 6.45) is 2.36. The van der Waals surface area contributed by atoms with Crippen LogP contribution in [0, 0.1) is 13.8 Å². The topological polar surface area (TPSA) is 97.2 Å². The number of amides is 1. The molecular weight excluding hydrogens is 426 g/mol. The molecule has 8 nitrogen and oxygen atoms in total. The Labute approximate surface area is 189 Å². The standard InChI is InChI=1S/C23H29N5O3S/c1-5-27(6-2)32(30,31)20-12-10-19(11-13-20)23(29)25-16-14-21-17(3)26-28(18(21)4)22-9-7-8-15-24-22/h7-13,15H,5-6,14,16H2,1-4H3,(H,25,29). The molecule has 1 N–H and O–H groups in total. The van der Waals surface area contributed by atoms with E-state index >= 15 is 0 Å². The van der Waals surface area contributed by atoms with Gasteiger partial charge in [-0.05, 0) is 62.2 Å². The highest BCUT2D eigenvalue weighted by Gasteiger charge is 2.21. The zero-order valence-corrected chi connectivity index (χ0v) is 19.7. The summed E-state index contributed by atoms with van der Waals surface area (Å²) in [7, 11) is -3.54. The van der Waals surface area contributed by atoms with Gasteiger partial charge in [0.1, 0.15) is 0 Å². The van der Waals surface area contributed by atoms with Gasteiger partial charge in [0.2, 0.25) is 10.0 Å². The lowest BCUT2D eigenvalue weighted by Crippen LogP contribution is -2.30. The molecule has 0 saturated carbocycles. The van der Waals surface area contributed by atoms with Gasteiger partial charge in [0.25, 0.3) is 5.91 Å². The predicted octanol–water partition coefficient (Wildman–Crippen LogP) is 2.89. The zero-order chi connectivity index (χ0) is 23.3. The van der Waals surface area contributed by atoms with Crippen LogP contribution in [0.1, 0.15) is 41.2 Å². The molecule has 0 radical (unpaired) electrons. The van der Waals surface area contributed by atoms with E-state index in [0.717, 1.165) is 22.8 Å². The number of aryl methyl sites for hydroxylation is 1. The van der Waals surface area contributed by atoms with Gasteiger partial charge in [0.15, 0.2) is 5.82 Å². The van der Waals surface area contributed by atoms with Gasteiger partial charge in [0.05, 0.1) is 10.6 Å². The summed E-state index contributed by atoms with van der Waals surface area (Å²) in [6, 6.07) is 11.7. The van der Waals surface area contributed by atoms with Crippen molar-refractivity contribution < 1.29 is 13.2 Å². The maximum Gasteiger partial charge on any atom is 0.251 e. The Morgan fingerprint density at radius 2 is 1.75 bits per heavy atom. The van der Waals surface area contributed by atoms with Crippen LogP contribution in [-0.2, 0) is 16.4 Å². The van der Waals surface area contributed by atoms with Crippen LogP contribution < -0.4 is 5.32 Å². The number of hydrogen-bond donors (Lipinski definition) is 1. The molecule has 0 aliphatic heterocycles. The summed E-state index contributed by atoms with van der Waals surface area (Å²) in [4.78, 5) is 17.1. The number of nitrogens with one attached hydrogen (secondary N) is 1. The molecule has 3 rings (SSSR count). The van der Waals surface area contributed by atoms with E-state index in [-0.39, 0.29) is 10.8 Å². The lowest BCUT2D eigenvalue weighted by molar-refractivity contribution is 0.0954. The van der Waals surface area contributed by atoms with E-state index in [4.69, 9.17) is 0 Å². The van der Waals surface area contributed by atoms with Gasteiger partial charge < -0.3 is 5.32 Å². The van der Waals surface area contributed by atoms with Crippen LogP contribution in [0.2, 0.25) is 0 Å². The first kappa shape index (κ1) is 23.6. The van der Waals surface area contributed by atoms with Crippen molar-refractivity contribution in [2.24, 2.45) is 0 Å². The summed E-state index contributed by atoms with van der Waals surface area (Å²) >= 11 is 0. The van der Waals surface area contributed by atoms with E-state index in [9.17, 15) is 13.2 Å². The molecule has 0 fully saturated rings. The first-order valence-corrected chi connectivity index (χ1v) is 12.1. The monoisotopic (exact) mass is 455 g/mol. The molecule has 2 aromatic heterocycles. The molecule has 0 spiro atoms. The number of rotatable bonds is 9. The third kappa shape index (κ3) is 4.89. The molecular formula is C23H29N5O3S. The number of benzene rings is 1. The fourth-order valence-corrected chi connectivity index (χ4v) is 5.09. The summed E-state index contributed by atoms with van der Waals surface area (Å²) in [5.74, 6) is 0.507. The van der Waals surface area contributed by atoms with E-state index in [1.54, 1.807) is 32.2 Å². The molecule has 0 saturated heterocycles. The molecule has 32 heavy (non-hydrogen) atoms. The molecule has 1 amide bonds. The molecule has 0 aliphatic rings. The smallest absolute Gasteiger partial charge is 0.251 e. The predicted molar refractivity (Wildman–Crippen MR) is 123 cm³/mol. The average molecular weight is 456 g/mol. The molecule has 1 aromatic carbocycles. The van der Waals surface area contributed by atoms with Crippen molar-refractivity contribution in [1.82, 2.24) is 24.4 Å². The average Bonchev–Trinajstić information content (AvgIpc) is 3.08. The first-order chi connectivity index (χ1) is 15.3. The van der Waals surface area contributed by atoms with Gasteiger partial charge in [-0.3, -0.25) is 4.79 Å². The third-order valence-electron chi connectivity index (χ3n) is 5.43. The van der Waals surface area contributed by atoms with Gasteiger partial charge in [-0.25, -0.2) is 18.1 Å². The second-order valence-electron chi connectivity index (χ2n) is 7.37. The summed E-state index contributed by atoms with van der Waals surface area (Å²) < 4.78 is 28.4. The molecule has 0 bridgehead atoms. The van der Waals surface area contributed by atoms with Gasteiger partial charge in [-0.1, -0.05) is 19.9 Å². The van der Waals surface area contributed by atoms with E-state index in [1.165, 1.54) is 16.4 Å². The Bertz CT molecular complexity index is 1170. The second-order valence-corrected chi connectivity index (χ2v) is 9.31. The number of pyridine rings is 1. The molecule has 0 aliphatic carbocycles. The van der Waals surface area contributed by atoms with Crippen molar-refractivity contribution in [3.63, 3.8) is 0 Å². The molecule has 170 valence electrons. The number of sulfonamides is 1. The fourth-order valence-electron chi connectivity index (χ4n) is 3.63. The Hall–Kier alpha value is -3.04. The van der Waals surface area contributed by atoms with Crippen LogP contribution in [0.15, 0.2) is 53.6 Å². The van der Waals surface area contributed by atoms with Crippen LogP contribution in [0.4, 0.5) is 0 Å². The highest BCUT2D eigenvalue weighted by molar-refractivity contribution is 7.89. The summed E-state index contributed by atoms with van der Waals surface area (Å²) in [6.45, 7) is 8.76. The molecule has 0 atom stereocenters. The van der Waals surface area contributed by atoms with Gasteiger partial charge in [-0.15, -0.1) is 0 Å². The maximum atomic E-state index is 12.6. The zero-order valence-electron chi connectivity index (χ0n) is 18.9. The number of carbonyl (C=O) groups excluding carboxylic acids is 1. The SMILES string of the molecule is CCN(CC)S(=O)(=O)c1ccc(C(=O)NCCc2c(C)nn(-c3ccccn3)c2C)cc1. The van der Waals surface area contributed by atoms with Gasteiger partial charge >= 0.3 is 0 Å². The minimum Gasteiger partial charge on any atom is -0.352 e. The quantitative estimate of drug-likeness (QED) is 0.535. The number of nitrogens with zero attached hydrogens (tertiary/aromatic N) is 4. The van der Waals surface area contributed by atoms with E-state index < -0.39 is 10.0 Å². The lowest BCUT2D eigenvalue weighted by Gasteiger charge is -2.18. The van der Waals surface area contributed by atoms with Crippen molar-refractivity contribution in [1.29, 1.82) is 0 Å². The second kappa shape index (κ2) is 10.1. The van der Waals surface area contributed by atoms with Gasteiger partial charge in [0, 0.05) is 37.1 Å². The Kier molecular flexibility index (Phi) is 7.42. The Balaban J connectivity index is 1.64.